The van der Waals surface area contributed by atoms with Crippen LogP contribution >= 0.6 is 0 Å². The van der Waals surface area contributed by atoms with Crippen molar-refractivity contribution < 1.29 is 4.79 Å². The zero-order valence-electron chi connectivity index (χ0n) is 8.89. The summed E-state index contributed by atoms with van der Waals surface area (Å²) in [5.41, 5.74) is 6.86. The van der Waals surface area contributed by atoms with Crippen molar-refractivity contribution in [1.29, 1.82) is 5.26 Å². The summed E-state index contributed by atoms with van der Waals surface area (Å²) in [5, 5.41) is 8.82. The lowest BCUT2D eigenvalue weighted by atomic mass is 10.1. The first-order valence-electron chi connectivity index (χ1n) is 5.28. The van der Waals surface area contributed by atoms with Gasteiger partial charge in [-0.2, -0.15) is 5.26 Å². The molecule has 1 unspecified atom stereocenters. The van der Waals surface area contributed by atoms with Crippen LogP contribution in [0.4, 0.5) is 5.69 Å². The Morgan fingerprint density at radius 1 is 1.56 bits per heavy atom. The SMILES string of the molecule is N#Cc1cccc(N2CCCC2C(N)=O)c1. The molecule has 1 aliphatic heterocycles. The smallest absolute Gasteiger partial charge is 0.240 e. The molecule has 1 aliphatic rings. The van der Waals surface area contributed by atoms with Gasteiger partial charge < -0.3 is 10.6 Å². The predicted octanol–water partition coefficient (Wildman–Crippen LogP) is 1.01. The van der Waals surface area contributed by atoms with Gasteiger partial charge in [-0.15, -0.1) is 0 Å². The highest BCUT2D eigenvalue weighted by Gasteiger charge is 2.29. The molecule has 1 aromatic carbocycles. The second-order valence-electron chi connectivity index (χ2n) is 3.92. The van der Waals surface area contributed by atoms with Gasteiger partial charge in [-0.25, -0.2) is 0 Å². The van der Waals surface area contributed by atoms with Crippen molar-refractivity contribution in [2.45, 2.75) is 18.9 Å². The molecular formula is C12H13N3O. The molecule has 82 valence electrons. The molecule has 4 heteroatoms. The van der Waals surface area contributed by atoms with Crippen molar-refractivity contribution >= 4 is 11.6 Å². The van der Waals surface area contributed by atoms with E-state index in [4.69, 9.17) is 11.0 Å². The lowest BCUT2D eigenvalue weighted by Crippen LogP contribution is -2.40. The van der Waals surface area contributed by atoms with Gasteiger partial charge in [-0.05, 0) is 31.0 Å². The average molecular weight is 215 g/mol. The number of nitriles is 1. The molecule has 0 aliphatic carbocycles. The third-order valence-electron chi connectivity index (χ3n) is 2.89. The quantitative estimate of drug-likeness (QED) is 0.800. The van der Waals surface area contributed by atoms with Crippen LogP contribution in [0.15, 0.2) is 24.3 Å². The lowest BCUT2D eigenvalue weighted by molar-refractivity contribution is -0.119. The van der Waals surface area contributed by atoms with Crippen LogP contribution in [0.3, 0.4) is 0 Å². The van der Waals surface area contributed by atoms with Crippen LogP contribution in [0, 0.1) is 11.3 Å². The molecule has 2 N–H and O–H groups in total. The lowest BCUT2D eigenvalue weighted by Gasteiger charge is -2.24. The minimum absolute atomic E-state index is 0.228. The van der Waals surface area contributed by atoms with Gasteiger partial charge in [0.15, 0.2) is 0 Å². The Bertz CT molecular complexity index is 450. The van der Waals surface area contributed by atoms with Crippen LogP contribution in [-0.4, -0.2) is 18.5 Å². The van der Waals surface area contributed by atoms with E-state index in [2.05, 4.69) is 6.07 Å². The normalized spacial score (nSPS) is 19.4. The summed E-state index contributed by atoms with van der Waals surface area (Å²) in [7, 11) is 0. The van der Waals surface area contributed by atoms with E-state index < -0.39 is 0 Å². The molecule has 16 heavy (non-hydrogen) atoms. The molecule has 0 radical (unpaired) electrons. The largest absolute Gasteiger partial charge is 0.368 e. The van der Waals surface area contributed by atoms with Gasteiger partial charge in [0.1, 0.15) is 6.04 Å². The van der Waals surface area contributed by atoms with E-state index in [1.807, 2.05) is 17.0 Å². The van der Waals surface area contributed by atoms with Crippen molar-refractivity contribution in [3.8, 4) is 6.07 Å². The van der Waals surface area contributed by atoms with Gasteiger partial charge in [0, 0.05) is 12.2 Å². The van der Waals surface area contributed by atoms with Crippen molar-refractivity contribution in [3.63, 3.8) is 0 Å². The van der Waals surface area contributed by atoms with Gasteiger partial charge in [0.05, 0.1) is 11.6 Å². The van der Waals surface area contributed by atoms with Gasteiger partial charge in [0.25, 0.3) is 0 Å². The molecule has 1 fully saturated rings. The van der Waals surface area contributed by atoms with Crippen LogP contribution in [0.5, 0.6) is 0 Å². The molecule has 1 atom stereocenters. The van der Waals surface area contributed by atoms with Gasteiger partial charge in [-0.1, -0.05) is 6.07 Å². The fraction of sp³-hybridized carbons (Fsp3) is 0.333. The van der Waals surface area contributed by atoms with Crippen LogP contribution in [0.25, 0.3) is 0 Å². The first kappa shape index (κ1) is 10.5. The van der Waals surface area contributed by atoms with E-state index in [0.29, 0.717) is 5.56 Å². The molecule has 1 saturated heterocycles. The molecule has 0 aromatic heterocycles. The number of amides is 1. The topological polar surface area (TPSA) is 70.1 Å². The molecule has 0 saturated carbocycles. The Morgan fingerprint density at radius 2 is 2.38 bits per heavy atom. The maximum absolute atomic E-state index is 11.3. The standard InChI is InChI=1S/C12H13N3O/c13-8-9-3-1-4-10(7-9)15-6-2-5-11(15)12(14)16/h1,3-4,7,11H,2,5-6H2,(H2,14,16). The van der Waals surface area contributed by atoms with Crippen molar-refractivity contribution in [1.82, 2.24) is 0 Å². The molecule has 0 bridgehead atoms. The van der Waals surface area contributed by atoms with Crippen molar-refractivity contribution in [2.75, 3.05) is 11.4 Å². The summed E-state index contributed by atoms with van der Waals surface area (Å²) in [5.74, 6) is -0.292. The van der Waals surface area contributed by atoms with E-state index >= 15 is 0 Å². The second kappa shape index (κ2) is 4.23. The molecule has 2 rings (SSSR count). The zero-order chi connectivity index (χ0) is 11.5. The minimum Gasteiger partial charge on any atom is -0.368 e. The fourth-order valence-corrected chi connectivity index (χ4v) is 2.13. The van der Waals surface area contributed by atoms with Crippen LogP contribution in [0.1, 0.15) is 18.4 Å². The highest BCUT2D eigenvalue weighted by atomic mass is 16.1. The summed E-state index contributed by atoms with van der Waals surface area (Å²) in [6.45, 7) is 0.822. The number of hydrogen-bond acceptors (Lipinski definition) is 3. The Kier molecular flexibility index (Phi) is 2.78. The molecule has 1 heterocycles. The summed E-state index contributed by atoms with van der Waals surface area (Å²) >= 11 is 0. The van der Waals surface area contributed by atoms with Gasteiger partial charge >= 0.3 is 0 Å². The number of nitrogens with zero attached hydrogens (tertiary/aromatic N) is 2. The molecule has 4 nitrogen and oxygen atoms in total. The van der Waals surface area contributed by atoms with Crippen LogP contribution < -0.4 is 10.6 Å². The first-order valence-corrected chi connectivity index (χ1v) is 5.28. The van der Waals surface area contributed by atoms with E-state index in [9.17, 15) is 4.79 Å². The maximum Gasteiger partial charge on any atom is 0.240 e. The van der Waals surface area contributed by atoms with Crippen molar-refractivity contribution in [2.24, 2.45) is 5.73 Å². The van der Waals surface area contributed by atoms with Crippen LogP contribution in [-0.2, 0) is 4.79 Å². The van der Waals surface area contributed by atoms with E-state index in [0.717, 1.165) is 25.1 Å². The van der Waals surface area contributed by atoms with Crippen LogP contribution in [0.2, 0.25) is 0 Å². The molecular weight excluding hydrogens is 202 g/mol. The average Bonchev–Trinajstić information content (AvgIpc) is 2.78. The molecule has 1 aromatic rings. The summed E-state index contributed by atoms with van der Waals surface area (Å²) < 4.78 is 0. The monoisotopic (exact) mass is 215 g/mol. The minimum atomic E-state index is -0.292. The Hall–Kier alpha value is -2.02. The fourth-order valence-electron chi connectivity index (χ4n) is 2.13. The first-order chi connectivity index (χ1) is 7.72. The van der Waals surface area contributed by atoms with E-state index in [-0.39, 0.29) is 11.9 Å². The highest BCUT2D eigenvalue weighted by Crippen LogP contribution is 2.25. The molecule has 0 spiro atoms. The third kappa shape index (κ3) is 1.84. The Morgan fingerprint density at radius 3 is 3.06 bits per heavy atom. The number of nitrogens with two attached hydrogens (primary N) is 1. The van der Waals surface area contributed by atoms with Crippen molar-refractivity contribution in [3.05, 3.63) is 29.8 Å². The van der Waals surface area contributed by atoms with E-state index in [1.165, 1.54) is 0 Å². The highest BCUT2D eigenvalue weighted by molar-refractivity contribution is 5.84. The van der Waals surface area contributed by atoms with E-state index in [1.54, 1.807) is 12.1 Å². The zero-order valence-corrected chi connectivity index (χ0v) is 8.89. The number of carbonyl (C=O) groups is 1. The Balaban J connectivity index is 2.29. The summed E-state index contributed by atoms with van der Waals surface area (Å²) in [6.07, 6.45) is 1.76. The number of carbonyl (C=O) groups excluding carboxylic acids is 1. The maximum atomic E-state index is 11.3. The summed E-state index contributed by atoms with van der Waals surface area (Å²) in [6, 6.07) is 9.13. The molecule has 1 amide bonds. The number of anilines is 1. The number of hydrogen-bond donors (Lipinski definition) is 1. The number of benzene rings is 1. The third-order valence-corrected chi connectivity index (χ3v) is 2.89. The summed E-state index contributed by atoms with van der Waals surface area (Å²) in [4.78, 5) is 13.2. The predicted molar refractivity (Wildman–Crippen MR) is 60.7 cm³/mol. The van der Waals surface area contributed by atoms with Gasteiger partial charge in [0.2, 0.25) is 5.91 Å². The second-order valence-corrected chi connectivity index (χ2v) is 3.92. The number of rotatable bonds is 2. The van der Waals surface area contributed by atoms with Gasteiger partial charge in [-0.3, -0.25) is 4.79 Å². The Labute approximate surface area is 94.3 Å². The number of primary amides is 1.